The van der Waals surface area contributed by atoms with E-state index in [0.29, 0.717) is 43.1 Å². The standard InChI is InChI=1S/C28H35NO6/c1-6-15-34-22-13-12-20(17-19(22)4)26(30)24-25(21-10-7-8-11-23(21)35-18(2)3)29(14-9-16-33-5)28(32)27(24)31/h7-8,10-13,17-18,25,30H,6,9,14-16H2,1-5H3/b26-24-. The first kappa shape index (κ1) is 26.3. The lowest BCUT2D eigenvalue weighted by Gasteiger charge is -2.27. The monoisotopic (exact) mass is 481 g/mol. The van der Waals surface area contributed by atoms with Crippen molar-refractivity contribution in [1.82, 2.24) is 4.90 Å². The second-order valence-electron chi connectivity index (χ2n) is 8.87. The normalized spacial score (nSPS) is 17.3. The van der Waals surface area contributed by atoms with Gasteiger partial charge in [0.05, 0.1) is 24.3 Å². The summed E-state index contributed by atoms with van der Waals surface area (Å²) in [5.41, 5.74) is 1.98. The van der Waals surface area contributed by atoms with E-state index < -0.39 is 17.7 Å². The predicted octanol–water partition coefficient (Wildman–Crippen LogP) is 5.03. The summed E-state index contributed by atoms with van der Waals surface area (Å²) < 4.78 is 16.9. The largest absolute Gasteiger partial charge is 0.507 e. The smallest absolute Gasteiger partial charge is 0.295 e. The second-order valence-corrected chi connectivity index (χ2v) is 8.87. The predicted molar refractivity (Wildman–Crippen MR) is 135 cm³/mol. The van der Waals surface area contributed by atoms with E-state index in [1.165, 1.54) is 4.90 Å². The van der Waals surface area contributed by atoms with Gasteiger partial charge in [-0.3, -0.25) is 9.59 Å². The molecule has 35 heavy (non-hydrogen) atoms. The molecular weight excluding hydrogens is 446 g/mol. The number of hydrogen-bond acceptors (Lipinski definition) is 6. The summed E-state index contributed by atoms with van der Waals surface area (Å²) in [5.74, 6) is -0.292. The van der Waals surface area contributed by atoms with E-state index in [1.54, 1.807) is 25.3 Å². The number of ether oxygens (including phenoxy) is 3. The number of likely N-dealkylation sites (tertiary alicyclic amines) is 1. The molecule has 0 aromatic heterocycles. The maximum atomic E-state index is 13.3. The Balaban J connectivity index is 2.14. The second kappa shape index (κ2) is 11.9. The Bertz CT molecular complexity index is 1090. The summed E-state index contributed by atoms with van der Waals surface area (Å²) in [6.45, 7) is 9.08. The van der Waals surface area contributed by atoms with Crippen LogP contribution >= 0.6 is 0 Å². The fraction of sp³-hybridized carbons (Fsp3) is 0.429. The maximum Gasteiger partial charge on any atom is 0.295 e. The highest BCUT2D eigenvalue weighted by Crippen LogP contribution is 2.43. The molecule has 1 heterocycles. The fourth-order valence-corrected chi connectivity index (χ4v) is 4.21. The third kappa shape index (κ3) is 5.85. The average Bonchev–Trinajstić information content (AvgIpc) is 3.08. The van der Waals surface area contributed by atoms with E-state index >= 15 is 0 Å². The molecule has 1 aliphatic heterocycles. The number of amides is 1. The van der Waals surface area contributed by atoms with Gasteiger partial charge in [-0.1, -0.05) is 25.1 Å². The number of nitrogens with zero attached hydrogens (tertiary/aromatic N) is 1. The molecule has 2 aromatic rings. The first-order chi connectivity index (χ1) is 16.8. The molecule has 1 fully saturated rings. The molecule has 0 aliphatic carbocycles. The number of rotatable bonds is 11. The molecule has 0 radical (unpaired) electrons. The van der Waals surface area contributed by atoms with Crippen LogP contribution in [0.25, 0.3) is 5.76 Å². The number of aliphatic hydroxyl groups excluding tert-OH is 1. The van der Waals surface area contributed by atoms with Crippen LogP contribution in [0.3, 0.4) is 0 Å². The molecule has 1 saturated heterocycles. The Kier molecular flexibility index (Phi) is 8.93. The van der Waals surface area contributed by atoms with E-state index in [4.69, 9.17) is 14.2 Å². The van der Waals surface area contributed by atoms with Crippen LogP contribution in [0.2, 0.25) is 0 Å². The van der Waals surface area contributed by atoms with Gasteiger partial charge < -0.3 is 24.2 Å². The molecule has 188 valence electrons. The fourth-order valence-electron chi connectivity index (χ4n) is 4.21. The Labute approximate surface area is 207 Å². The van der Waals surface area contributed by atoms with Crippen LogP contribution in [0.5, 0.6) is 11.5 Å². The molecule has 0 spiro atoms. The van der Waals surface area contributed by atoms with Crippen LogP contribution in [0.15, 0.2) is 48.0 Å². The van der Waals surface area contributed by atoms with Crippen LogP contribution < -0.4 is 9.47 Å². The third-order valence-electron chi connectivity index (χ3n) is 5.77. The first-order valence-electron chi connectivity index (χ1n) is 12.1. The van der Waals surface area contributed by atoms with Gasteiger partial charge in [0.25, 0.3) is 11.7 Å². The molecule has 2 aromatic carbocycles. The van der Waals surface area contributed by atoms with Crippen LogP contribution in [-0.2, 0) is 14.3 Å². The maximum absolute atomic E-state index is 13.3. The zero-order chi connectivity index (χ0) is 25.5. The van der Waals surface area contributed by atoms with E-state index in [9.17, 15) is 14.7 Å². The molecule has 7 heteroatoms. The number of ketones is 1. The molecule has 1 unspecified atom stereocenters. The lowest BCUT2D eigenvalue weighted by atomic mass is 9.94. The topological polar surface area (TPSA) is 85.3 Å². The number of carbonyl (C=O) groups is 2. The summed E-state index contributed by atoms with van der Waals surface area (Å²) in [6, 6.07) is 11.8. The highest BCUT2D eigenvalue weighted by Gasteiger charge is 2.46. The van der Waals surface area contributed by atoms with E-state index in [-0.39, 0.29) is 17.4 Å². The van der Waals surface area contributed by atoms with E-state index in [1.807, 2.05) is 52.0 Å². The van der Waals surface area contributed by atoms with E-state index in [0.717, 1.165) is 17.7 Å². The number of Topliss-reactive ketones (excluding diaryl/α,β-unsaturated/α-hetero) is 1. The lowest BCUT2D eigenvalue weighted by molar-refractivity contribution is -0.140. The van der Waals surface area contributed by atoms with Gasteiger partial charge in [0.2, 0.25) is 0 Å². The van der Waals surface area contributed by atoms with Crippen LogP contribution in [0.1, 0.15) is 56.3 Å². The highest BCUT2D eigenvalue weighted by atomic mass is 16.5. The van der Waals surface area contributed by atoms with Gasteiger partial charge in [-0.05, 0) is 63.4 Å². The number of hydrogen-bond donors (Lipinski definition) is 1. The molecule has 0 saturated carbocycles. The van der Waals surface area contributed by atoms with Crippen molar-refractivity contribution in [2.45, 2.75) is 52.7 Å². The molecule has 7 nitrogen and oxygen atoms in total. The van der Waals surface area contributed by atoms with Gasteiger partial charge in [-0.2, -0.15) is 0 Å². The zero-order valence-corrected chi connectivity index (χ0v) is 21.2. The van der Waals surface area contributed by atoms with E-state index in [2.05, 4.69) is 0 Å². The minimum absolute atomic E-state index is 0.0499. The number of aliphatic hydroxyl groups is 1. The molecule has 1 aliphatic rings. The Morgan fingerprint density at radius 1 is 1.09 bits per heavy atom. The van der Waals surface area contributed by atoms with Gasteiger partial charge in [0.1, 0.15) is 17.3 Å². The average molecular weight is 482 g/mol. The van der Waals surface area contributed by atoms with Crippen molar-refractivity contribution < 1.29 is 28.9 Å². The molecule has 1 amide bonds. The quantitative estimate of drug-likeness (QED) is 0.210. The van der Waals surface area contributed by atoms with Crippen molar-refractivity contribution in [1.29, 1.82) is 0 Å². The number of carbonyl (C=O) groups excluding carboxylic acids is 2. The summed E-state index contributed by atoms with van der Waals surface area (Å²) in [7, 11) is 1.59. The van der Waals surface area contributed by atoms with Crippen molar-refractivity contribution >= 4 is 17.4 Å². The minimum Gasteiger partial charge on any atom is -0.507 e. The minimum atomic E-state index is -0.780. The SMILES string of the molecule is CCCOc1ccc(/C(O)=C2/C(=O)C(=O)N(CCCOC)C2c2ccccc2OC(C)C)cc1C. The van der Waals surface area contributed by atoms with Crippen LogP contribution in [0.4, 0.5) is 0 Å². The highest BCUT2D eigenvalue weighted by molar-refractivity contribution is 6.46. The van der Waals surface area contributed by atoms with Crippen molar-refractivity contribution in [3.05, 3.63) is 64.7 Å². The summed E-state index contributed by atoms with van der Waals surface area (Å²) in [6.07, 6.45) is 1.33. The number of methoxy groups -OCH3 is 1. The van der Waals surface area contributed by atoms with Gasteiger partial charge in [-0.15, -0.1) is 0 Å². The first-order valence-corrected chi connectivity index (χ1v) is 12.1. The van der Waals surface area contributed by atoms with Gasteiger partial charge in [0, 0.05) is 31.4 Å². The Hall–Kier alpha value is -3.32. The number of para-hydroxylation sites is 1. The van der Waals surface area contributed by atoms with Crippen molar-refractivity contribution in [3.63, 3.8) is 0 Å². The van der Waals surface area contributed by atoms with Crippen LogP contribution in [0, 0.1) is 6.92 Å². The van der Waals surface area contributed by atoms with Gasteiger partial charge in [0.15, 0.2) is 0 Å². The molecule has 3 rings (SSSR count). The van der Waals surface area contributed by atoms with Crippen molar-refractivity contribution in [2.24, 2.45) is 0 Å². The molecular formula is C28H35NO6. The van der Waals surface area contributed by atoms with Crippen LogP contribution in [-0.4, -0.2) is 54.7 Å². The zero-order valence-electron chi connectivity index (χ0n) is 21.2. The van der Waals surface area contributed by atoms with Crippen molar-refractivity contribution in [3.8, 4) is 11.5 Å². The Morgan fingerprint density at radius 2 is 1.83 bits per heavy atom. The van der Waals surface area contributed by atoms with Gasteiger partial charge in [-0.25, -0.2) is 0 Å². The lowest BCUT2D eigenvalue weighted by Crippen LogP contribution is -2.31. The number of aryl methyl sites for hydroxylation is 1. The summed E-state index contributed by atoms with van der Waals surface area (Å²) >= 11 is 0. The Morgan fingerprint density at radius 3 is 2.49 bits per heavy atom. The molecule has 1 N–H and O–H groups in total. The van der Waals surface area contributed by atoms with Gasteiger partial charge >= 0.3 is 0 Å². The van der Waals surface area contributed by atoms with Crippen molar-refractivity contribution in [2.75, 3.05) is 26.9 Å². The number of benzene rings is 2. The summed E-state index contributed by atoms with van der Waals surface area (Å²) in [4.78, 5) is 27.9. The molecule has 0 bridgehead atoms. The molecule has 1 atom stereocenters. The summed E-state index contributed by atoms with van der Waals surface area (Å²) in [5, 5.41) is 11.4. The third-order valence-corrected chi connectivity index (χ3v) is 5.77.